The molecular weight excluding hydrogens is 262 g/mol. The number of nitrogens with two attached hydrogens (primary N) is 1. The van der Waals surface area contributed by atoms with Crippen molar-refractivity contribution in [1.82, 2.24) is 10.2 Å². The molecule has 0 spiro atoms. The second kappa shape index (κ2) is 7.25. The predicted molar refractivity (Wildman–Crippen MR) is 76.7 cm³/mol. The van der Waals surface area contributed by atoms with Gasteiger partial charge in [0.15, 0.2) is 0 Å². The maximum Gasteiger partial charge on any atom is 0.245 e. The molecule has 1 heterocycles. The van der Waals surface area contributed by atoms with Crippen molar-refractivity contribution in [2.45, 2.75) is 19.9 Å². The Balaban J connectivity index is 2.46. The molecule has 106 valence electrons. The molecule has 0 aliphatic rings. The van der Waals surface area contributed by atoms with Gasteiger partial charge in [-0.15, -0.1) is 11.3 Å². The lowest BCUT2D eigenvalue weighted by atomic mass is 10.2. The van der Waals surface area contributed by atoms with E-state index in [0.717, 1.165) is 4.88 Å². The number of nitrogens with one attached hydrogen (secondary N) is 1. The summed E-state index contributed by atoms with van der Waals surface area (Å²) in [4.78, 5) is 25.8. The monoisotopic (exact) mass is 283 g/mol. The highest BCUT2D eigenvalue weighted by atomic mass is 32.1. The van der Waals surface area contributed by atoms with Gasteiger partial charge in [-0.2, -0.15) is 0 Å². The van der Waals surface area contributed by atoms with Crippen molar-refractivity contribution < 1.29 is 9.59 Å². The molecule has 0 bridgehead atoms. The van der Waals surface area contributed by atoms with Gasteiger partial charge >= 0.3 is 0 Å². The van der Waals surface area contributed by atoms with Crippen LogP contribution in [0.1, 0.15) is 24.8 Å². The zero-order valence-electron chi connectivity index (χ0n) is 11.6. The van der Waals surface area contributed by atoms with Crippen LogP contribution in [0.2, 0.25) is 0 Å². The van der Waals surface area contributed by atoms with Crippen molar-refractivity contribution in [2.75, 3.05) is 20.1 Å². The minimum atomic E-state index is -0.692. The fraction of sp³-hybridized carbons (Fsp3) is 0.538. The van der Waals surface area contributed by atoms with Crippen LogP contribution in [0, 0.1) is 5.92 Å². The Hall–Kier alpha value is -1.40. The molecule has 1 aromatic heterocycles. The number of likely N-dealkylation sites (N-methyl/N-ethyl adjacent to an activating group) is 1. The number of thiophene rings is 1. The fourth-order valence-corrected chi connectivity index (χ4v) is 2.21. The first-order valence-electron chi connectivity index (χ1n) is 6.22. The molecule has 2 amide bonds. The predicted octanol–water partition coefficient (Wildman–Crippen LogP) is 0.979. The van der Waals surface area contributed by atoms with Crippen molar-refractivity contribution >= 4 is 23.2 Å². The summed E-state index contributed by atoms with van der Waals surface area (Å²) in [6.45, 7) is 4.67. The minimum Gasteiger partial charge on any atom is -0.354 e. The number of hydrogen-bond acceptors (Lipinski definition) is 4. The van der Waals surface area contributed by atoms with Gasteiger partial charge in [0.2, 0.25) is 11.8 Å². The molecule has 5 nitrogen and oxygen atoms in total. The zero-order valence-corrected chi connectivity index (χ0v) is 12.4. The summed E-state index contributed by atoms with van der Waals surface area (Å²) in [5, 5.41) is 4.64. The van der Waals surface area contributed by atoms with Crippen LogP contribution in [0.15, 0.2) is 17.5 Å². The molecule has 19 heavy (non-hydrogen) atoms. The van der Waals surface area contributed by atoms with E-state index in [4.69, 9.17) is 5.73 Å². The van der Waals surface area contributed by atoms with Crippen LogP contribution < -0.4 is 11.1 Å². The Morgan fingerprint density at radius 2 is 2.16 bits per heavy atom. The van der Waals surface area contributed by atoms with Crippen LogP contribution in [0.3, 0.4) is 0 Å². The average molecular weight is 283 g/mol. The number of rotatable bonds is 6. The smallest absolute Gasteiger partial charge is 0.245 e. The van der Waals surface area contributed by atoms with Crippen molar-refractivity contribution in [3.63, 3.8) is 0 Å². The van der Waals surface area contributed by atoms with Gasteiger partial charge in [-0.05, 0) is 17.4 Å². The lowest BCUT2D eigenvalue weighted by Gasteiger charge is -2.20. The molecule has 0 saturated carbocycles. The van der Waals surface area contributed by atoms with Gasteiger partial charge in [0.05, 0.1) is 6.54 Å². The first-order chi connectivity index (χ1) is 8.91. The summed E-state index contributed by atoms with van der Waals surface area (Å²) in [7, 11) is 1.59. The van der Waals surface area contributed by atoms with Crippen molar-refractivity contribution in [1.29, 1.82) is 0 Å². The Morgan fingerprint density at radius 3 is 2.68 bits per heavy atom. The van der Waals surface area contributed by atoms with Crippen molar-refractivity contribution in [2.24, 2.45) is 11.7 Å². The largest absolute Gasteiger partial charge is 0.354 e. The lowest BCUT2D eigenvalue weighted by Crippen LogP contribution is -2.42. The Bertz CT molecular complexity index is 418. The van der Waals surface area contributed by atoms with Crippen molar-refractivity contribution in [3.05, 3.63) is 22.4 Å². The van der Waals surface area contributed by atoms with Crippen LogP contribution in [0.4, 0.5) is 0 Å². The number of hydrogen-bond donors (Lipinski definition) is 2. The zero-order chi connectivity index (χ0) is 14.4. The van der Waals surface area contributed by atoms with Crippen LogP contribution >= 0.6 is 11.3 Å². The quantitative estimate of drug-likeness (QED) is 0.817. The van der Waals surface area contributed by atoms with Crippen LogP contribution in [0.25, 0.3) is 0 Å². The summed E-state index contributed by atoms with van der Waals surface area (Å²) in [6.07, 6.45) is 0. The number of carbonyl (C=O) groups excluding carboxylic acids is 2. The lowest BCUT2D eigenvalue weighted by molar-refractivity contribution is -0.135. The van der Waals surface area contributed by atoms with Gasteiger partial charge in [-0.3, -0.25) is 9.59 Å². The van der Waals surface area contributed by atoms with E-state index in [1.165, 1.54) is 16.2 Å². The van der Waals surface area contributed by atoms with Gasteiger partial charge in [-0.25, -0.2) is 0 Å². The number of carbonyl (C=O) groups is 2. The fourth-order valence-electron chi connectivity index (χ4n) is 1.49. The highest BCUT2D eigenvalue weighted by molar-refractivity contribution is 7.10. The molecule has 3 N–H and O–H groups in total. The van der Waals surface area contributed by atoms with E-state index in [-0.39, 0.29) is 18.4 Å². The first-order valence-corrected chi connectivity index (χ1v) is 7.10. The third-order valence-electron chi connectivity index (χ3n) is 2.58. The maximum atomic E-state index is 12.0. The summed E-state index contributed by atoms with van der Waals surface area (Å²) in [6, 6.07) is 2.98. The third-order valence-corrected chi connectivity index (χ3v) is 3.54. The molecule has 0 aromatic carbocycles. The summed E-state index contributed by atoms with van der Waals surface area (Å²) >= 11 is 1.44. The molecule has 1 unspecified atom stereocenters. The molecule has 0 fully saturated rings. The Kier molecular flexibility index (Phi) is 5.98. The molecular formula is C13H21N3O2S. The normalized spacial score (nSPS) is 12.3. The average Bonchev–Trinajstić information content (AvgIpc) is 2.88. The molecule has 0 aliphatic heterocycles. The number of amides is 2. The highest BCUT2D eigenvalue weighted by Crippen LogP contribution is 2.18. The molecule has 6 heteroatoms. The molecule has 1 rings (SSSR count). The minimum absolute atomic E-state index is 0.0324. The first kappa shape index (κ1) is 15.7. The summed E-state index contributed by atoms with van der Waals surface area (Å²) < 4.78 is 0. The van der Waals surface area contributed by atoms with E-state index >= 15 is 0 Å². The van der Waals surface area contributed by atoms with Gasteiger partial charge in [0.1, 0.15) is 6.04 Å². The molecule has 1 atom stereocenters. The molecule has 1 aromatic rings. The SMILES string of the molecule is CC(C)CNC(=O)CN(C)C(=O)C(N)c1cccs1. The standard InChI is InChI=1S/C13H21N3O2S/c1-9(2)7-15-11(17)8-16(3)13(18)12(14)10-5-4-6-19-10/h4-6,9,12H,7-8,14H2,1-3H3,(H,15,17). The van der Waals surface area contributed by atoms with E-state index in [1.807, 2.05) is 31.4 Å². The van der Waals surface area contributed by atoms with E-state index in [9.17, 15) is 9.59 Å². The van der Waals surface area contributed by atoms with Gasteiger partial charge in [-0.1, -0.05) is 19.9 Å². The van der Waals surface area contributed by atoms with Crippen LogP contribution in [-0.4, -0.2) is 36.9 Å². The van der Waals surface area contributed by atoms with Crippen molar-refractivity contribution in [3.8, 4) is 0 Å². The second-order valence-electron chi connectivity index (χ2n) is 4.89. The topological polar surface area (TPSA) is 75.4 Å². The van der Waals surface area contributed by atoms with Crippen LogP contribution in [-0.2, 0) is 9.59 Å². The van der Waals surface area contributed by atoms with E-state index in [2.05, 4.69) is 5.32 Å². The summed E-state index contributed by atoms with van der Waals surface area (Å²) in [5.41, 5.74) is 5.87. The maximum absolute atomic E-state index is 12.0. The van der Waals surface area contributed by atoms with E-state index in [0.29, 0.717) is 12.5 Å². The third kappa shape index (κ3) is 5.00. The Labute approximate surface area is 117 Å². The van der Waals surface area contributed by atoms with E-state index < -0.39 is 6.04 Å². The van der Waals surface area contributed by atoms with Gasteiger partial charge < -0.3 is 16.0 Å². The van der Waals surface area contributed by atoms with E-state index in [1.54, 1.807) is 7.05 Å². The molecule has 0 radical (unpaired) electrons. The van der Waals surface area contributed by atoms with Gasteiger partial charge in [0, 0.05) is 18.5 Å². The number of nitrogens with zero attached hydrogens (tertiary/aromatic N) is 1. The Morgan fingerprint density at radius 1 is 1.47 bits per heavy atom. The van der Waals surface area contributed by atoms with Crippen LogP contribution in [0.5, 0.6) is 0 Å². The summed E-state index contributed by atoms with van der Waals surface area (Å²) in [5.74, 6) is -0.0246. The second-order valence-corrected chi connectivity index (χ2v) is 5.86. The molecule has 0 aliphatic carbocycles. The highest BCUT2D eigenvalue weighted by Gasteiger charge is 2.22. The molecule has 0 saturated heterocycles. The van der Waals surface area contributed by atoms with Gasteiger partial charge in [0.25, 0.3) is 0 Å².